The number of thioether (sulfide) groups is 1. The molecule has 3 N–H and O–H groups in total. The number of rotatable bonds is 2. The zero-order valence-corrected chi connectivity index (χ0v) is 9.83. The summed E-state index contributed by atoms with van der Waals surface area (Å²) in [5.74, 6) is -0.312. The van der Waals surface area contributed by atoms with Gasteiger partial charge in [0.2, 0.25) is 5.91 Å². The van der Waals surface area contributed by atoms with Gasteiger partial charge in [-0.1, -0.05) is 0 Å². The van der Waals surface area contributed by atoms with E-state index in [4.69, 9.17) is 5.11 Å². The zero-order chi connectivity index (χ0) is 12.4. The predicted octanol–water partition coefficient (Wildman–Crippen LogP) is -0.956. The van der Waals surface area contributed by atoms with Gasteiger partial charge in [-0.25, -0.2) is 9.59 Å². The Morgan fingerprint density at radius 3 is 2.88 bits per heavy atom. The average molecular weight is 259 g/mol. The van der Waals surface area contributed by atoms with Gasteiger partial charge in [0.25, 0.3) is 0 Å². The van der Waals surface area contributed by atoms with Crippen LogP contribution in [0.3, 0.4) is 0 Å². The fourth-order valence-electron chi connectivity index (χ4n) is 1.81. The largest absolute Gasteiger partial charge is 0.480 e. The molecule has 3 amide bonds. The van der Waals surface area contributed by atoms with Crippen LogP contribution < -0.4 is 10.6 Å². The number of urea groups is 1. The van der Waals surface area contributed by atoms with Gasteiger partial charge in [-0.2, -0.15) is 0 Å². The third-order valence-electron chi connectivity index (χ3n) is 2.73. The second-order valence-electron chi connectivity index (χ2n) is 3.98. The second kappa shape index (κ2) is 4.82. The molecule has 0 spiro atoms. The van der Waals surface area contributed by atoms with Crippen LogP contribution >= 0.6 is 11.8 Å². The number of nitrogens with zero attached hydrogens (tertiary/aromatic N) is 1. The van der Waals surface area contributed by atoms with Crippen LogP contribution in [-0.4, -0.2) is 58.2 Å². The molecular weight excluding hydrogens is 246 g/mol. The fourth-order valence-corrected chi connectivity index (χ4v) is 2.96. The molecule has 2 heterocycles. The number of carbonyl (C=O) groups excluding carboxylic acids is 2. The first-order chi connectivity index (χ1) is 8.08. The first-order valence-corrected chi connectivity index (χ1v) is 6.38. The number of aliphatic carboxylic acids is 1. The van der Waals surface area contributed by atoms with E-state index in [0.29, 0.717) is 18.2 Å². The van der Waals surface area contributed by atoms with Crippen LogP contribution in [0, 0.1) is 0 Å². The van der Waals surface area contributed by atoms with E-state index in [1.807, 2.05) is 0 Å². The van der Waals surface area contributed by atoms with Crippen molar-refractivity contribution in [2.75, 3.05) is 18.2 Å². The number of hydrogen-bond acceptors (Lipinski definition) is 4. The van der Waals surface area contributed by atoms with Crippen molar-refractivity contribution in [2.24, 2.45) is 0 Å². The molecule has 7 nitrogen and oxygen atoms in total. The Balaban J connectivity index is 1.91. The van der Waals surface area contributed by atoms with E-state index in [-0.39, 0.29) is 18.4 Å². The first kappa shape index (κ1) is 12.0. The van der Waals surface area contributed by atoms with Gasteiger partial charge in [0.05, 0.1) is 11.9 Å². The minimum Gasteiger partial charge on any atom is -0.480 e. The summed E-state index contributed by atoms with van der Waals surface area (Å²) in [6.45, 7) is 0.406. The number of carboxylic acids is 1. The Hall–Kier alpha value is -1.44. The van der Waals surface area contributed by atoms with Gasteiger partial charge in [0.1, 0.15) is 6.04 Å². The maximum Gasteiger partial charge on any atom is 0.327 e. The normalized spacial score (nSPS) is 28.0. The van der Waals surface area contributed by atoms with Crippen molar-refractivity contribution in [1.29, 1.82) is 0 Å². The molecular formula is C9H13N3O4S. The molecule has 2 rings (SSSR count). The van der Waals surface area contributed by atoms with Crippen LogP contribution in [0.25, 0.3) is 0 Å². The summed E-state index contributed by atoms with van der Waals surface area (Å²) >= 11 is 1.41. The summed E-state index contributed by atoms with van der Waals surface area (Å²) < 4.78 is 0. The van der Waals surface area contributed by atoms with Crippen LogP contribution in [0.1, 0.15) is 6.42 Å². The monoisotopic (exact) mass is 259 g/mol. The molecule has 0 aromatic carbocycles. The van der Waals surface area contributed by atoms with Crippen LogP contribution in [0.4, 0.5) is 4.79 Å². The summed E-state index contributed by atoms with van der Waals surface area (Å²) in [5, 5.41) is 14.2. The maximum absolute atomic E-state index is 11.8. The van der Waals surface area contributed by atoms with Gasteiger partial charge in [-0.3, -0.25) is 4.79 Å². The molecule has 0 bridgehead atoms. The van der Waals surface area contributed by atoms with Crippen molar-refractivity contribution in [1.82, 2.24) is 15.5 Å². The van der Waals surface area contributed by atoms with Gasteiger partial charge < -0.3 is 20.6 Å². The maximum atomic E-state index is 11.8. The highest BCUT2D eigenvalue weighted by atomic mass is 32.2. The number of hydrogen-bond donors (Lipinski definition) is 3. The molecule has 0 aromatic rings. The third-order valence-corrected chi connectivity index (χ3v) is 3.75. The number of amides is 3. The lowest BCUT2D eigenvalue weighted by molar-refractivity contribution is -0.140. The standard InChI is InChI=1S/C9H13N3O4S/c13-7-1-5(2-10-7)11-9(16)12-4-17-3-6(12)8(14)15/h5-6H,1-4H2,(H,10,13)(H,11,16)(H,14,15)/t5?,6-/m0/s1. The molecule has 1 unspecified atom stereocenters. The Morgan fingerprint density at radius 2 is 2.29 bits per heavy atom. The molecule has 0 aromatic heterocycles. The van der Waals surface area contributed by atoms with Crippen molar-refractivity contribution in [3.63, 3.8) is 0 Å². The summed E-state index contributed by atoms with van der Waals surface area (Å²) in [6.07, 6.45) is 0.254. The van der Waals surface area contributed by atoms with Crippen LogP contribution in [0.5, 0.6) is 0 Å². The highest BCUT2D eigenvalue weighted by Gasteiger charge is 2.36. The lowest BCUT2D eigenvalue weighted by Crippen LogP contribution is -2.50. The quantitative estimate of drug-likeness (QED) is 0.593. The molecule has 2 aliphatic rings. The minimum atomic E-state index is -0.995. The summed E-state index contributed by atoms with van der Waals surface area (Å²) in [6, 6.07) is -1.43. The Bertz CT molecular complexity index is 362. The Kier molecular flexibility index (Phi) is 3.41. The van der Waals surface area contributed by atoms with Gasteiger partial charge in [0.15, 0.2) is 0 Å². The van der Waals surface area contributed by atoms with Crippen molar-refractivity contribution >= 4 is 29.7 Å². The van der Waals surface area contributed by atoms with E-state index in [9.17, 15) is 14.4 Å². The van der Waals surface area contributed by atoms with Crippen LogP contribution in [0.15, 0.2) is 0 Å². The SMILES string of the molecule is O=C1CC(NC(=O)N2CSC[C@H]2C(=O)O)CN1. The first-order valence-electron chi connectivity index (χ1n) is 5.22. The molecule has 2 aliphatic heterocycles. The molecule has 2 saturated heterocycles. The lowest BCUT2D eigenvalue weighted by Gasteiger charge is -2.22. The molecule has 8 heteroatoms. The molecule has 0 aliphatic carbocycles. The molecule has 0 radical (unpaired) electrons. The lowest BCUT2D eigenvalue weighted by atomic mass is 10.2. The highest BCUT2D eigenvalue weighted by molar-refractivity contribution is 7.99. The summed E-state index contributed by atoms with van der Waals surface area (Å²) in [4.78, 5) is 35.0. The van der Waals surface area contributed by atoms with Crippen LogP contribution in [0.2, 0.25) is 0 Å². The van der Waals surface area contributed by atoms with Gasteiger partial charge >= 0.3 is 12.0 Å². The van der Waals surface area contributed by atoms with Gasteiger partial charge in [-0.15, -0.1) is 11.8 Å². The van der Waals surface area contributed by atoms with E-state index >= 15 is 0 Å². The molecule has 0 saturated carbocycles. The molecule has 17 heavy (non-hydrogen) atoms. The average Bonchev–Trinajstić information content (AvgIpc) is 2.86. The van der Waals surface area contributed by atoms with Crippen molar-refractivity contribution < 1.29 is 19.5 Å². The van der Waals surface area contributed by atoms with E-state index < -0.39 is 18.0 Å². The topological polar surface area (TPSA) is 98.7 Å². The summed E-state index contributed by atoms with van der Waals surface area (Å²) in [5.41, 5.74) is 0. The number of nitrogens with one attached hydrogen (secondary N) is 2. The molecule has 2 atom stereocenters. The van der Waals surface area contributed by atoms with Crippen molar-refractivity contribution in [2.45, 2.75) is 18.5 Å². The minimum absolute atomic E-state index is 0.0964. The van der Waals surface area contributed by atoms with Crippen LogP contribution in [-0.2, 0) is 9.59 Å². The third kappa shape index (κ3) is 2.63. The van der Waals surface area contributed by atoms with E-state index in [1.54, 1.807) is 0 Å². The van der Waals surface area contributed by atoms with Gasteiger partial charge in [-0.05, 0) is 0 Å². The van der Waals surface area contributed by atoms with Crippen molar-refractivity contribution in [3.05, 3.63) is 0 Å². The highest BCUT2D eigenvalue weighted by Crippen LogP contribution is 2.21. The Morgan fingerprint density at radius 1 is 1.53 bits per heavy atom. The van der Waals surface area contributed by atoms with Gasteiger partial charge in [0, 0.05) is 18.7 Å². The fraction of sp³-hybridized carbons (Fsp3) is 0.667. The number of carbonyl (C=O) groups is 3. The van der Waals surface area contributed by atoms with Crippen molar-refractivity contribution in [3.8, 4) is 0 Å². The number of carboxylic acid groups (broad SMARTS) is 1. The zero-order valence-electron chi connectivity index (χ0n) is 9.01. The Labute approximate surface area is 102 Å². The second-order valence-corrected chi connectivity index (χ2v) is 4.98. The van der Waals surface area contributed by atoms with E-state index in [0.717, 1.165) is 0 Å². The summed E-state index contributed by atoms with van der Waals surface area (Å²) in [7, 11) is 0. The van der Waals surface area contributed by atoms with E-state index in [2.05, 4.69) is 10.6 Å². The van der Waals surface area contributed by atoms with E-state index in [1.165, 1.54) is 16.7 Å². The predicted molar refractivity (Wildman–Crippen MR) is 60.5 cm³/mol. The molecule has 94 valence electrons. The smallest absolute Gasteiger partial charge is 0.327 e. The molecule has 2 fully saturated rings.